The summed E-state index contributed by atoms with van der Waals surface area (Å²) in [6.45, 7) is 3.25. The number of rotatable bonds is 6. The molecule has 2 aromatic rings. The summed E-state index contributed by atoms with van der Waals surface area (Å²) in [7, 11) is 0. The summed E-state index contributed by atoms with van der Waals surface area (Å²) in [6, 6.07) is 10.2. The molecule has 2 aromatic carbocycles. The minimum atomic E-state index is -3.40. The van der Waals surface area contributed by atoms with Crippen LogP contribution < -0.4 is 4.74 Å². The van der Waals surface area contributed by atoms with E-state index in [9.17, 15) is 13.2 Å². The van der Waals surface area contributed by atoms with Gasteiger partial charge in [0.05, 0.1) is 24.7 Å². The minimum absolute atomic E-state index is 0.158. The van der Waals surface area contributed by atoms with Gasteiger partial charge < -0.3 is 14.2 Å². The minimum Gasteiger partial charge on any atom is -0.432 e. The monoisotopic (exact) mass is 545 g/mol. The molecule has 210 valence electrons. The lowest BCUT2D eigenvalue weighted by Gasteiger charge is -2.39. The van der Waals surface area contributed by atoms with Crippen molar-refractivity contribution in [3.05, 3.63) is 64.7 Å². The molecule has 3 fully saturated rings. The van der Waals surface area contributed by atoms with Crippen molar-refractivity contribution in [1.82, 2.24) is 0 Å². The van der Waals surface area contributed by atoms with Crippen LogP contribution in [0, 0.1) is 46.6 Å². The maximum Gasteiger partial charge on any atom is 0.400 e. The van der Waals surface area contributed by atoms with E-state index in [1.807, 2.05) is 19.1 Å². The van der Waals surface area contributed by atoms with Gasteiger partial charge in [0.15, 0.2) is 6.29 Å². The molecule has 0 aromatic heterocycles. The Bertz CT molecular complexity index is 1170. The topological polar surface area (TPSA) is 51.5 Å². The molecule has 1 heterocycles. The van der Waals surface area contributed by atoms with E-state index in [2.05, 4.69) is 0 Å². The Hall–Kier alpha value is -2.63. The van der Waals surface area contributed by atoms with Gasteiger partial charge in [-0.25, -0.2) is 8.78 Å². The Kier molecular flexibility index (Phi) is 8.49. The molecule has 5 rings (SSSR count). The van der Waals surface area contributed by atoms with E-state index in [0.717, 1.165) is 43.4 Å². The lowest BCUT2D eigenvalue weighted by atomic mass is 9.68. The molecule has 1 aliphatic heterocycles. The molecule has 1 saturated heterocycles. The van der Waals surface area contributed by atoms with Gasteiger partial charge in [0.1, 0.15) is 23.5 Å². The molecule has 8 heteroatoms. The summed E-state index contributed by atoms with van der Waals surface area (Å²) in [5.74, 6) is -0.971. The standard InChI is InChI=1S/C31H35F4NO3/c1-19-17-37-30(38-18-19)23-9-13-27(29(33)14-23)22-4-2-20(3-5-22)21-6-10-25(11-7-21)31(34,35)39-26-12-8-24(16-36)28(32)15-26/h8-9,12-15,19-22,25,30H,2-7,10-11,17-18H2,1H3. The Morgan fingerprint density at radius 2 is 1.49 bits per heavy atom. The number of benzene rings is 2. The second-order valence-electron chi connectivity index (χ2n) is 11.5. The van der Waals surface area contributed by atoms with Crippen molar-refractivity contribution in [2.24, 2.45) is 23.7 Å². The van der Waals surface area contributed by atoms with Crippen LogP contribution >= 0.6 is 0 Å². The third-order valence-corrected chi connectivity index (χ3v) is 8.80. The lowest BCUT2D eigenvalue weighted by molar-refractivity contribution is -0.224. The third kappa shape index (κ3) is 6.41. The van der Waals surface area contributed by atoms with Crippen molar-refractivity contribution in [1.29, 1.82) is 5.26 Å². The molecule has 4 nitrogen and oxygen atoms in total. The molecule has 0 bridgehead atoms. The zero-order valence-electron chi connectivity index (χ0n) is 22.2. The van der Waals surface area contributed by atoms with Crippen LogP contribution in [0.15, 0.2) is 36.4 Å². The Morgan fingerprint density at radius 1 is 0.846 bits per heavy atom. The first-order valence-electron chi connectivity index (χ1n) is 14.0. The van der Waals surface area contributed by atoms with Gasteiger partial charge in [-0.05, 0) is 92.9 Å². The summed E-state index contributed by atoms with van der Waals surface area (Å²) in [5.41, 5.74) is 1.23. The number of nitrogens with zero attached hydrogens (tertiary/aromatic N) is 1. The van der Waals surface area contributed by atoms with Crippen molar-refractivity contribution in [3.63, 3.8) is 0 Å². The van der Waals surface area contributed by atoms with Crippen molar-refractivity contribution in [2.75, 3.05) is 13.2 Å². The number of hydrogen-bond donors (Lipinski definition) is 0. The summed E-state index contributed by atoms with van der Waals surface area (Å²) >= 11 is 0. The quantitative estimate of drug-likeness (QED) is 0.343. The number of hydrogen-bond acceptors (Lipinski definition) is 4. The van der Waals surface area contributed by atoms with E-state index in [1.54, 1.807) is 6.07 Å². The number of ether oxygens (including phenoxy) is 3. The van der Waals surface area contributed by atoms with Gasteiger partial charge in [0.2, 0.25) is 0 Å². The van der Waals surface area contributed by atoms with Gasteiger partial charge >= 0.3 is 6.11 Å². The highest BCUT2D eigenvalue weighted by atomic mass is 19.3. The fraction of sp³-hybridized carbons (Fsp3) is 0.581. The fourth-order valence-corrected chi connectivity index (χ4v) is 6.53. The highest BCUT2D eigenvalue weighted by molar-refractivity contribution is 5.36. The number of nitriles is 1. The smallest absolute Gasteiger partial charge is 0.400 e. The van der Waals surface area contributed by atoms with Gasteiger partial charge in [-0.1, -0.05) is 19.1 Å². The molecular formula is C31H35F4NO3. The molecule has 0 unspecified atom stereocenters. The highest BCUT2D eigenvalue weighted by Crippen LogP contribution is 2.47. The average Bonchev–Trinajstić information content (AvgIpc) is 2.93. The van der Waals surface area contributed by atoms with Crippen molar-refractivity contribution >= 4 is 0 Å². The fourth-order valence-electron chi connectivity index (χ4n) is 6.53. The van der Waals surface area contributed by atoms with Crippen molar-refractivity contribution in [2.45, 2.75) is 76.6 Å². The molecule has 39 heavy (non-hydrogen) atoms. The summed E-state index contributed by atoms with van der Waals surface area (Å²) in [4.78, 5) is 0. The van der Waals surface area contributed by atoms with E-state index in [1.165, 1.54) is 12.1 Å². The predicted molar refractivity (Wildman–Crippen MR) is 137 cm³/mol. The van der Waals surface area contributed by atoms with Crippen LogP contribution in [0.2, 0.25) is 0 Å². The highest BCUT2D eigenvalue weighted by Gasteiger charge is 2.45. The first kappa shape index (κ1) is 27.9. The molecule has 0 spiro atoms. The van der Waals surface area contributed by atoms with Crippen molar-refractivity contribution < 1.29 is 31.8 Å². The molecule has 0 N–H and O–H groups in total. The Balaban J connectivity index is 1.11. The van der Waals surface area contributed by atoms with Crippen LogP contribution in [0.3, 0.4) is 0 Å². The lowest BCUT2D eigenvalue weighted by Crippen LogP contribution is -2.38. The zero-order valence-corrected chi connectivity index (χ0v) is 22.2. The van der Waals surface area contributed by atoms with Crippen LogP contribution in [0.5, 0.6) is 5.75 Å². The van der Waals surface area contributed by atoms with Gasteiger partial charge in [-0.2, -0.15) is 14.0 Å². The Labute approximate surface area is 227 Å². The molecule has 3 aliphatic rings. The van der Waals surface area contributed by atoms with Gasteiger partial charge in [-0.15, -0.1) is 0 Å². The molecule has 0 atom stereocenters. The van der Waals surface area contributed by atoms with Crippen LogP contribution in [0.25, 0.3) is 0 Å². The maximum atomic E-state index is 15.1. The van der Waals surface area contributed by atoms with E-state index in [0.29, 0.717) is 62.2 Å². The molecule has 2 saturated carbocycles. The summed E-state index contributed by atoms with van der Waals surface area (Å²) < 4.78 is 74.9. The Morgan fingerprint density at radius 3 is 2.08 bits per heavy atom. The normalized spacial score (nSPS) is 29.9. The zero-order chi connectivity index (χ0) is 27.6. The predicted octanol–water partition coefficient (Wildman–Crippen LogP) is 8.27. The van der Waals surface area contributed by atoms with Gasteiger partial charge in [0.25, 0.3) is 0 Å². The van der Waals surface area contributed by atoms with Crippen molar-refractivity contribution in [3.8, 4) is 11.8 Å². The molecule has 2 aliphatic carbocycles. The maximum absolute atomic E-state index is 15.1. The second kappa shape index (κ2) is 11.9. The van der Waals surface area contributed by atoms with Crippen LogP contribution in [0.1, 0.15) is 87.2 Å². The first-order chi connectivity index (χ1) is 18.7. The van der Waals surface area contributed by atoms with E-state index < -0.39 is 24.1 Å². The summed E-state index contributed by atoms with van der Waals surface area (Å²) in [5, 5.41) is 8.82. The third-order valence-electron chi connectivity index (χ3n) is 8.80. The average molecular weight is 546 g/mol. The van der Waals surface area contributed by atoms with E-state index >= 15 is 4.39 Å². The van der Waals surface area contributed by atoms with Gasteiger partial charge in [-0.3, -0.25) is 0 Å². The van der Waals surface area contributed by atoms with Gasteiger partial charge in [0, 0.05) is 17.5 Å². The molecular weight excluding hydrogens is 510 g/mol. The number of alkyl halides is 2. The number of halogens is 4. The summed E-state index contributed by atoms with van der Waals surface area (Å²) in [6.07, 6.45) is 1.87. The molecule has 0 radical (unpaired) electrons. The SMILES string of the molecule is CC1COC(c2ccc(C3CCC(C4CCC(C(F)(F)Oc5ccc(C#N)c(F)c5)CC4)CC3)c(F)c2)OC1. The van der Waals surface area contributed by atoms with E-state index in [-0.39, 0.29) is 23.0 Å². The van der Waals surface area contributed by atoms with Crippen LogP contribution in [-0.2, 0) is 9.47 Å². The van der Waals surface area contributed by atoms with E-state index in [4.69, 9.17) is 19.5 Å². The first-order valence-corrected chi connectivity index (χ1v) is 14.0. The van der Waals surface area contributed by atoms with Crippen LogP contribution in [-0.4, -0.2) is 19.3 Å². The second-order valence-corrected chi connectivity index (χ2v) is 11.5. The largest absolute Gasteiger partial charge is 0.432 e. The molecule has 0 amide bonds. The van der Waals surface area contributed by atoms with Crippen LogP contribution in [0.4, 0.5) is 17.6 Å².